The number of amides is 1. The molecule has 1 amide bonds. The van der Waals surface area contributed by atoms with Gasteiger partial charge < -0.3 is 54.9 Å². The van der Waals surface area contributed by atoms with Crippen LogP contribution in [0.1, 0.15) is 132 Å². The van der Waals surface area contributed by atoms with E-state index in [1.165, 1.54) is 59.1 Å². The Hall–Kier alpha value is -7.00. The summed E-state index contributed by atoms with van der Waals surface area (Å²) in [5.41, 5.74) is -1.32. The fourth-order valence-corrected chi connectivity index (χ4v) is 11.4. The molecule has 6 N–H and O–H groups in total. The number of carbonyl (C=O) groups is 6. The number of carboxylic acid groups (broad SMARTS) is 1. The number of aromatic hydroxyl groups is 1. The Kier molecular flexibility index (Phi) is 15.9. The van der Waals surface area contributed by atoms with Crippen molar-refractivity contribution in [2.24, 2.45) is 29.6 Å². The summed E-state index contributed by atoms with van der Waals surface area (Å²) in [6, 6.07) is 1.40. The van der Waals surface area contributed by atoms with E-state index in [0.29, 0.717) is 36.2 Å². The Morgan fingerprint density at radius 3 is 2.29 bits per heavy atom. The van der Waals surface area contributed by atoms with Crippen LogP contribution in [0, 0.1) is 49.3 Å². The fourth-order valence-electron chi connectivity index (χ4n) is 11.4. The fraction of sp³-hybridized carbons (Fsp3) is 0.491. The van der Waals surface area contributed by atoms with E-state index in [4.69, 9.17) is 18.9 Å². The first-order chi connectivity index (χ1) is 36.3. The van der Waals surface area contributed by atoms with Gasteiger partial charge in [0.15, 0.2) is 11.6 Å². The summed E-state index contributed by atoms with van der Waals surface area (Å²) in [6.45, 7) is 14.5. The van der Waals surface area contributed by atoms with E-state index >= 15 is 9.18 Å². The Labute approximate surface area is 444 Å². The van der Waals surface area contributed by atoms with Gasteiger partial charge in [0, 0.05) is 87.5 Å². The molecule has 2 aromatic heterocycles. The number of anilines is 1. The highest BCUT2D eigenvalue weighted by Gasteiger charge is 2.53. The van der Waals surface area contributed by atoms with Gasteiger partial charge in [-0.05, 0) is 75.1 Å². The molecule has 6 heterocycles. The van der Waals surface area contributed by atoms with Crippen LogP contribution in [0.5, 0.6) is 11.5 Å². The maximum Gasteiger partial charge on any atom is 0.341 e. The SMILES string of the molecule is CO[C@H]1/C=C/O[C@@]2(C)Oc3c(C)c(O)c4c(c3C2=O)C(=O)C(CNC[C@H]2CCN(c3c(F)cn5c(=O)c(C(=O)O)cc(C6CC6)c5c3C)C2)=C(NC(=O)/C(C)=C\C=C\[C@@H](C)[C@H](O)[C@@H](C)[C@H](O)[C@@H](C)[C@H](OC(C)=O)[C@@H]1C)C4=O. The van der Waals surface area contributed by atoms with Gasteiger partial charge in [0.05, 0.1) is 64.4 Å². The molecule has 0 unspecified atom stereocenters. The van der Waals surface area contributed by atoms with Crippen LogP contribution in [-0.4, -0.2) is 124 Å². The number of halogens is 1. The van der Waals surface area contributed by atoms with Gasteiger partial charge in [-0.25, -0.2) is 9.18 Å². The summed E-state index contributed by atoms with van der Waals surface area (Å²) in [5.74, 6) is -12.1. The number of aryl methyl sites for hydroxylation is 1. The highest BCUT2D eigenvalue weighted by atomic mass is 19.1. The van der Waals surface area contributed by atoms with E-state index in [2.05, 4.69) is 10.6 Å². The minimum atomic E-state index is -2.16. The monoisotopic (exact) mass is 1070 g/mol. The predicted molar refractivity (Wildman–Crippen MR) is 279 cm³/mol. The number of aromatic nitrogens is 1. The number of aliphatic hydroxyl groups is 2. The number of fused-ring (bicyclic) bond motifs is 15. The molecule has 9 rings (SSSR count). The number of hydrogen-bond donors (Lipinski definition) is 6. The topological polar surface area (TPSA) is 269 Å². The molecule has 2 aliphatic carbocycles. The first-order valence-electron chi connectivity index (χ1n) is 25.9. The number of nitrogens with zero attached hydrogens (tertiary/aromatic N) is 2. The van der Waals surface area contributed by atoms with Crippen molar-refractivity contribution in [1.82, 2.24) is 15.0 Å². The number of nitrogens with one attached hydrogen (secondary N) is 2. The van der Waals surface area contributed by atoms with Crippen molar-refractivity contribution in [3.8, 4) is 11.5 Å². The third-order valence-electron chi connectivity index (χ3n) is 16.1. The van der Waals surface area contributed by atoms with Gasteiger partial charge in [0.25, 0.3) is 17.2 Å². The summed E-state index contributed by atoms with van der Waals surface area (Å²) in [5, 5.41) is 50.4. The number of ether oxygens (including phenoxy) is 4. The van der Waals surface area contributed by atoms with Crippen LogP contribution in [0.15, 0.2) is 64.5 Å². The third kappa shape index (κ3) is 10.3. The van der Waals surface area contributed by atoms with Gasteiger partial charge in [-0.15, -0.1) is 0 Å². The second kappa shape index (κ2) is 21.8. The van der Waals surface area contributed by atoms with Gasteiger partial charge in [0.1, 0.15) is 23.2 Å². The number of aliphatic hydroxyl groups excluding tert-OH is 2. The van der Waals surface area contributed by atoms with E-state index in [1.54, 1.807) is 40.7 Å². The van der Waals surface area contributed by atoms with Crippen LogP contribution >= 0.6 is 0 Å². The number of esters is 1. The Balaban J connectivity index is 1.13. The largest absolute Gasteiger partial charge is 0.507 e. The van der Waals surface area contributed by atoms with Gasteiger partial charge in [-0.3, -0.25) is 33.2 Å². The van der Waals surface area contributed by atoms with E-state index in [9.17, 15) is 49.2 Å². The lowest BCUT2D eigenvalue weighted by molar-refractivity contribution is -0.160. The zero-order chi connectivity index (χ0) is 56.3. The van der Waals surface area contributed by atoms with Crippen molar-refractivity contribution in [3.05, 3.63) is 115 Å². The number of rotatable bonds is 9. The Bertz CT molecular complexity index is 3170. The second-order valence-corrected chi connectivity index (χ2v) is 21.4. The summed E-state index contributed by atoms with van der Waals surface area (Å²) >= 11 is 0. The van der Waals surface area contributed by atoms with Crippen LogP contribution in [0.25, 0.3) is 5.52 Å². The number of allylic oxidation sites excluding steroid dienone is 3. The zero-order valence-corrected chi connectivity index (χ0v) is 44.8. The number of methoxy groups -OCH3 is 1. The minimum Gasteiger partial charge on any atom is -0.507 e. The van der Waals surface area contributed by atoms with Gasteiger partial charge >= 0.3 is 17.7 Å². The van der Waals surface area contributed by atoms with Crippen LogP contribution in [0.3, 0.4) is 0 Å². The van der Waals surface area contributed by atoms with Crippen LogP contribution in [0.4, 0.5) is 10.1 Å². The van der Waals surface area contributed by atoms with Gasteiger partial charge in [0.2, 0.25) is 5.78 Å². The first-order valence-corrected chi connectivity index (χ1v) is 25.9. The maximum absolute atomic E-state index is 16.2. The second-order valence-electron chi connectivity index (χ2n) is 21.4. The molecule has 20 heteroatoms. The number of phenolic OH excluding ortho intramolecular Hbond substituents is 1. The summed E-state index contributed by atoms with van der Waals surface area (Å²) < 4.78 is 40.9. The number of benzene rings is 1. The molecule has 3 aromatic rings. The quantitative estimate of drug-likeness (QED) is 0.139. The van der Waals surface area contributed by atoms with E-state index in [1.807, 2.05) is 4.90 Å². The number of aromatic carboxylic acids is 1. The van der Waals surface area contributed by atoms with Gasteiger partial charge in [-0.1, -0.05) is 45.9 Å². The number of pyridine rings is 2. The highest BCUT2D eigenvalue weighted by molar-refractivity contribution is 6.32. The van der Waals surface area contributed by atoms with Crippen molar-refractivity contribution in [2.45, 2.75) is 118 Å². The molecular weight excluding hydrogens is 1000 g/mol. The predicted octanol–water partition coefficient (Wildman–Crippen LogP) is 5.75. The molecule has 1 aromatic carbocycles. The zero-order valence-electron chi connectivity index (χ0n) is 44.8. The smallest absolute Gasteiger partial charge is 0.341 e. The van der Waals surface area contributed by atoms with Gasteiger partial charge in [-0.2, -0.15) is 0 Å². The number of carboxylic acids is 1. The van der Waals surface area contributed by atoms with Crippen molar-refractivity contribution >= 4 is 46.4 Å². The van der Waals surface area contributed by atoms with E-state index in [0.717, 1.165) is 29.7 Å². The number of phenols is 1. The highest BCUT2D eigenvalue weighted by Crippen LogP contribution is 2.49. The molecule has 1 saturated heterocycles. The molecule has 77 heavy (non-hydrogen) atoms. The lowest BCUT2D eigenvalue weighted by Crippen LogP contribution is -2.46. The standard InChI is InChI=1S/C57H67FN4O15/c1-25-12-11-13-26(2)54(70)60-43-37(22-59-21-33-16-18-61(23-33)45-28(4)44-35(34-14-15-34)20-36(56(72)73)55(71)62(44)24-38(45)58)49(67)40-41(50(43)68)48(66)31(7)52-42(40)53(69)57(9,77-52)75-19-17-39(74-10)27(3)51(76-32(8)63)30(6)47(65)29(5)46(25)64/h11-13,17,19-20,24-25,27,29-30,33-34,39,46-47,51,59,64-66H,14-16,18,21-23H2,1-10H3,(H,60,70)(H,72,73)/b12-11+,19-17+,26-13-/t25-,27-,29-,30-,33-,39+,46+,47+,51-,57+/m1/s1. The Morgan fingerprint density at radius 2 is 1.64 bits per heavy atom. The molecule has 1 saturated carbocycles. The molecular formula is C57H67FN4O15. The molecule has 0 spiro atoms. The van der Waals surface area contributed by atoms with Crippen LogP contribution in [-0.2, 0) is 23.8 Å². The summed E-state index contributed by atoms with van der Waals surface area (Å²) in [7, 11) is 1.41. The van der Waals surface area contributed by atoms with Crippen molar-refractivity contribution < 1.29 is 72.5 Å². The Morgan fingerprint density at radius 1 is 0.935 bits per heavy atom. The summed E-state index contributed by atoms with van der Waals surface area (Å²) in [4.78, 5) is 98.1. The maximum atomic E-state index is 16.2. The number of Topliss-reactive ketones (excluding diaryl/α,β-unsaturated/α-hetero) is 3. The number of hydrogen-bond acceptors (Lipinski definition) is 16. The third-order valence-corrected chi connectivity index (χ3v) is 16.1. The average Bonchev–Trinajstić information content (AvgIpc) is 4.07. The van der Waals surface area contributed by atoms with Crippen molar-refractivity contribution in [1.29, 1.82) is 0 Å². The van der Waals surface area contributed by atoms with E-state index in [-0.39, 0.29) is 58.6 Å². The molecule has 412 valence electrons. The van der Waals surface area contributed by atoms with Crippen molar-refractivity contribution in [2.75, 3.05) is 38.2 Å². The summed E-state index contributed by atoms with van der Waals surface area (Å²) in [6.07, 6.45) is 6.29. The normalized spacial score (nSPS) is 29.7. The van der Waals surface area contributed by atoms with Crippen LogP contribution in [0.2, 0.25) is 0 Å². The minimum absolute atomic E-state index is 0.0354. The molecule has 19 nitrogen and oxygen atoms in total. The lowest BCUT2D eigenvalue weighted by Gasteiger charge is -2.38. The molecule has 6 aliphatic rings. The number of ketones is 3. The average molecular weight is 1070 g/mol. The lowest BCUT2D eigenvalue weighted by atomic mass is 9.78. The van der Waals surface area contributed by atoms with E-state index < -0.39 is 129 Å². The molecule has 4 aliphatic heterocycles. The molecule has 2 fully saturated rings. The molecule has 5 bridgehead atoms. The van der Waals surface area contributed by atoms with Crippen LogP contribution < -0.4 is 25.8 Å². The van der Waals surface area contributed by atoms with Crippen molar-refractivity contribution in [3.63, 3.8) is 0 Å². The first kappa shape index (κ1) is 56.2. The molecule has 10 atom stereocenters. The molecule has 0 radical (unpaired) electrons. The number of carbonyl (C=O) groups excluding carboxylic acids is 5.